The molecule has 0 radical (unpaired) electrons. The molecule has 188 valence electrons. The smallest absolute Gasteiger partial charge is 0.281 e. The number of likely N-dealkylation sites (tertiary alicyclic amines) is 1. The van der Waals surface area contributed by atoms with E-state index in [0.29, 0.717) is 32.4 Å². The lowest BCUT2D eigenvalue weighted by Crippen LogP contribution is -2.69. The van der Waals surface area contributed by atoms with Gasteiger partial charge < -0.3 is 21.3 Å². The summed E-state index contributed by atoms with van der Waals surface area (Å²) in [5, 5.41) is 6.00. The second kappa shape index (κ2) is 12.5. The summed E-state index contributed by atoms with van der Waals surface area (Å²) < 4.78 is 0. The normalized spacial score (nSPS) is 16.9. The summed E-state index contributed by atoms with van der Waals surface area (Å²) in [6, 6.07) is 18.5. The third-order valence-electron chi connectivity index (χ3n) is 6.76. The maximum absolute atomic E-state index is 13.0. The SMILES string of the molecule is CC(NC(=O)C(NC(=O)C1CCN(C(=O)C([NH3+])Cc2ccccc2)CC1)C(C)C)c1ccccc1. The number of rotatable bonds is 9. The number of carbonyl (C=O) groups excluding carboxylic acids is 3. The van der Waals surface area contributed by atoms with Crippen molar-refractivity contribution in [1.82, 2.24) is 15.5 Å². The number of hydrogen-bond donors (Lipinski definition) is 3. The van der Waals surface area contributed by atoms with Crippen LogP contribution in [0.25, 0.3) is 0 Å². The molecule has 35 heavy (non-hydrogen) atoms. The van der Waals surface area contributed by atoms with E-state index in [9.17, 15) is 14.4 Å². The highest BCUT2D eigenvalue weighted by Gasteiger charge is 2.33. The Hall–Kier alpha value is -3.19. The first-order valence-electron chi connectivity index (χ1n) is 12.6. The molecule has 3 rings (SSSR count). The molecule has 3 unspecified atom stereocenters. The summed E-state index contributed by atoms with van der Waals surface area (Å²) in [7, 11) is 0. The van der Waals surface area contributed by atoms with Crippen LogP contribution in [0.1, 0.15) is 50.8 Å². The van der Waals surface area contributed by atoms with Crippen LogP contribution in [0.2, 0.25) is 0 Å². The van der Waals surface area contributed by atoms with Crippen LogP contribution in [0, 0.1) is 11.8 Å². The zero-order valence-corrected chi connectivity index (χ0v) is 21.1. The molecule has 7 heteroatoms. The Balaban J connectivity index is 1.50. The molecule has 0 bridgehead atoms. The van der Waals surface area contributed by atoms with E-state index in [1.165, 1.54) is 0 Å². The topological polar surface area (TPSA) is 106 Å². The van der Waals surface area contributed by atoms with Gasteiger partial charge in [0.2, 0.25) is 11.8 Å². The molecular formula is C28H39N4O3+. The van der Waals surface area contributed by atoms with Gasteiger partial charge in [-0.15, -0.1) is 0 Å². The van der Waals surface area contributed by atoms with Gasteiger partial charge in [-0.1, -0.05) is 74.5 Å². The average Bonchev–Trinajstić information content (AvgIpc) is 2.87. The van der Waals surface area contributed by atoms with E-state index in [4.69, 9.17) is 0 Å². The molecule has 2 aromatic carbocycles. The van der Waals surface area contributed by atoms with Crippen molar-refractivity contribution in [2.45, 2.75) is 58.2 Å². The first-order chi connectivity index (χ1) is 16.8. The van der Waals surface area contributed by atoms with Crippen LogP contribution in [-0.2, 0) is 20.8 Å². The molecule has 2 aromatic rings. The van der Waals surface area contributed by atoms with Crippen molar-refractivity contribution < 1.29 is 20.1 Å². The summed E-state index contributed by atoms with van der Waals surface area (Å²) in [5.74, 6) is -0.528. The van der Waals surface area contributed by atoms with Crippen LogP contribution in [0.4, 0.5) is 0 Å². The lowest BCUT2D eigenvalue weighted by atomic mass is 9.93. The van der Waals surface area contributed by atoms with Gasteiger partial charge in [-0.3, -0.25) is 14.4 Å². The molecule has 3 atom stereocenters. The van der Waals surface area contributed by atoms with E-state index < -0.39 is 6.04 Å². The highest BCUT2D eigenvalue weighted by molar-refractivity contribution is 5.89. The third-order valence-corrected chi connectivity index (χ3v) is 6.76. The van der Waals surface area contributed by atoms with Gasteiger partial charge in [0.05, 0.1) is 6.04 Å². The Morgan fingerprint density at radius 2 is 1.49 bits per heavy atom. The van der Waals surface area contributed by atoms with Crippen LogP contribution >= 0.6 is 0 Å². The fourth-order valence-corrected chi connectivity index (χ4v) is 4.54. The first-order valence-corrected chi connectivity index (χ1v) is 12.6. The molecule has 5 N–H and O–H groups in total. The zero-order chi connectivity index (χ0) is 25.4. The number of carbonyl (C=O) groups is 3. The number of nitrogens with zero attached hydrogens (tertiary/aromatic N) is 1. The van der Waals surface area contributed by atoms with Crippen molar-refractivity contribution in [2.24, 2.45) is 11.8 Å². The van der Waals surface area contributed by atoms with Crippen LogP contribution in [0.15, 0.2) is 60.7 Å². The monoisotopic (exact) mass is 479 g/mol. The van der Waals surface area contributed by atoms with E-state index in [1.807, 2.05) is 86.3 Å². The molecule has 3 amide bonds. The van der Waals surface area contributed by atoms with E-state index in [0.717, 1.165) is 11.1 Å². The molecule has 1 fully saturated rings. The highest BCUT2D eigenvalue weighted by atomic mass is 16.2. The highest BCUT2D eigenvalue weighted by Crippen LogP contribution is 2.20. The molecule has 7 nitrogen and oxygen atoms in total. The predicted molar refractivity (Wildman–Crippen MR) is 136 cm³/mol. The Morgan fingerprint density at radius 3 is 2.06 bits per heavy atom. The maximum atomic E-state index is 13.0. The third kappa shape index (κ3) is 7.39. The van der Waals surface area contributed by atoms with Crippen LogP contribution < -0.4 is 16.4 Å². The van der Waals surface area contributed by atoms with Gasteiger partial charge in [0.1, 0.15) is 6.04 Å². The van der Waals surface area contributed by atoms with Crippen LogP contribution in [-0.4, -0.2) is 47.8 Å². The second-order valence-corrected chi connectivity index (χ2v) is 9.86. The Kier molecular flexibility index (Phi) is 9.43. The minimum Gasteiger partial charge on any atom is -0.348 e. The minimum absolute atomic E-state index is 0.0297. The lowest BCUT2D eigenvalue weighted by molar-refractivity contribution is -0.405. The molecule has 1 aliphatic rings. The van der Waals surface area contributed by atoms with Gasteiger partial charge >= 0.3 is 0 Å². The summed E-state index contributed by atoms with van der Waals surface area (Å²) in [4.78, 5) is 40.7. The molecule has 0 aliphatic carbocycles. The van der Waals surface area contributed by atoms with E-state index in [1.54, 1.807) is 0 Å². The van der Waals surface area contributed by atoms with Gasteiger partial charge in [0.25, 0.3) is 5.91 Å². The predicted octanol–water partition coefficient (Wildman–Crippen LogP) is 2.10. The molecular weight excluding hydrogens is 440 g/mol. The summed E-state index contributed by atoms with van der Waals surface area (Å²) in [6.45, 7) is 6.86. The number of benzene rings is 2. The van der Waals surface area contributed by atoms with Gasteiger partial charge in [0.15, 0.2) is 6.04 Å². The molecule has 0 spiro atoms. The maximum Gasteiger partial charge on any atom is 0.281 e. The molecule has 0 aromatic heterocycles. The van der Waals surface area contributed by atoms with Gasteiger partial charge in [-0.05, 0) is 36.8 Å². The number of amides is 3. The summed E-state index contributed by atoms with van der Waals surface area (Å²) >= 11 is 0. The van der Waals surface area contributed by atoms with Gasteiger partial charge in [0, 0.05) is 25.4 Å². The van der Waals surface area contributed by atoms with Crippen LogP contribution in [0.5, 0.6) is 0 Å². The van der Waals surface area contributed by atoms with Crippen molar-refractivity contribution in [3.05, 3.63) is 71.8 Å². The molecule has 1 heterocycles. The standard InChI is InChI=1S/C28H38N4O3/c1-19(2)25(27(34)30-20(3)22-12-8-5-9-13-22)31-26(33)23-14-16-32(17-15-23)28(35)24(29)18-21-10-6-4-7-11-21/h4-13,19-20,23-25H,14-18,29H2,1-3H3,(H,30,34)(H,31,33)/p+1. The fourth-order valence-electron chi connectivity index (χ4n) is 4.54. The molecule has 0 saturated carbocycles. The van der Waals surface area contributed by atoms with Crippen LogP contribution in [0.3, 0.4) is 0 Å². The average molecular weight is 480 g/mol. The van der Waals surface area contributed by atoms with Crippen molar-refractivity contribution in [3.63, 3.8) is 0 Å². The van der Waals surface area contributed by atoms with Crippen molar-refractivity contribution in [1.29, 1.82) is 0 Å². The summed E-state index contributed by atoms with van der Waals surface area (Å²) in [5.41, 5.74) is 6.18. The number of nitrogens with one attached hydrogen (secondary N) is 2. The van der Waals surface area contributed by atoms with Gasteiger partial charge in [-0.2, -0.15) is 0 Å². The second-order valence-electron chi connectivity index (χ2n) is 9.86. The van der Waals surface area contributed by atoms with Crippen molar-refractivity contribution in [3.8, 4) is 0 Å². The minimum atomic E-state index is -0.608. The molecule has 1 aliphatic heterocycles. The molecule has 1 saturated heterocycles. The largest absolute Gasteiger partial charge is 0.348 e. The Morgan fingerprint density at radius 1 is 0.914 bits per heavy atom. The number of piperidine rings is 1. The quantitative estimate of drug-likeness (QED) is 0.513. The first kappa shape index (κ1) is 26.4. The van der Waals surface area contributed by atoms with E-state index >= 15 is 0 Å². The number of hydrogen-bond acceptors (Lipinski definition) is 3. The van der Waals surface area contributed by atoms with Gasteiger partial charge in [-0.25, -0.2) is 0 Å². The van der Waals surface area contributed by atoms with Crippen molar-refractivity contribution in [2.75, 3.05) is 13.1 Å². The van der Waals surface area contributed by atoms with E-state index in [2.05, 4.69) is 16.4 Å². The Bertz CT molecular complexity index is 972. The Labute approximate surface area is 208 Å². The summed E-state index contributed by atoms with van der Waals surface area (Å²) in [6.07, 6.45) is 1.78. The van der Waals surface area contributed by atoms with E-state index in [-0.39, 0.29) is 41.6 Å². The zero-order valence-electron chi connectivity index (χ0n) is 21.1. The van der Waals surface area contributed by atoms with Crippen molar-refractivity contribution >= 4 is 17.7 Å². The number of quaternary nitrogens is 1. The lowest BCUT2D eigenvalue weighted by Gasteiger charge is -2.33. The fraction of sp³-hybridized carbons (Fsp3) is 0.464.